The van der Waals surface area contributed by atoms with Crippen LogP contribution in [-0.4, -0.2) is 10.7 Å². The summed E-state index contributed by atoms with van der Waals surface area (Å²) >= 11 is 1.62. The molecule has 3 nitrogen and oxygen atoms in total. The van der Waals surface area contributed by atoms with Gasteiger partial charge in [-0.3, -0.25) is 5.43 Å². The number of rotatable bonds is 3. The Balaban J connectivity index is 1.53. The minimum atomic E-state index is 0.825. The number of aromatic nitrogens is 1. The van der Waals surface area contributed by atoms with Gasteiger partial charge in [-0.05, 0) is 53.8 Å². The fraction of sp³-hybridized carbons (Fsp3) is 0.143. The van der Waals surface area contributed by atoms with E-state index in [-0.39, 0.29) is 0 Å². The molecule has 1 aliphatic rings. The van der Waals surface area contributed by atoms with Crippen molar-refractivity contribution < 1.29 is 0 Å². The Bertz CT molecular complexity index is 1100. The highest BCUT2D eigenvalue weighted by molar-refractivity contribution is 7.22. The van der Waals surface area contributed by atoms with E-state index in [1.54, 1.807) is 11.3 Å². The lowest BCUT2D eigenvalue weighted by atomic mass is 9.98. The van der Waals surface area contributed by atoms with Crippen molar-refractivity contribution in [1.82, 2.24) is 4.98 Å². The SMILES string of the molecule is CC(=NNc1nc2ccccc2s1)c1ccc2c3c(cccc13)CC2. The quantitative estimate of drug-likeness (QED) is 0.400. The fourth-order valence-electron chi connectivity index (χ4n) is 3.67. The van der Waals surface area contributed by atoms with Crippen molar-refractivity contribution in [1.29, 1.82) is 0 Å². The van der Waals surface area contributed by atoms with E-state index in [4.69, 9.17) is 0 Å². The molecule has 1 aromatic heterocycles. The summed E-state index contributed by atoms with van der Waals surface area (Å²) in [5.41, 5.74) is 9.24. The minimum absolute atomic E-state index is 0.825. The van der Waals surface area contributed by atoms with Gasteiger partial charge in [0.05, 0.1) is 15.9 Å². The monoisotopic (exact) mass is 343 g/mol. The molecule has 0 unspecified atom stereocenters. The lowest BCUT2D eigenvalue weighted by Gasteiger charge is -2.08. The van der Waals surface area contributed by atoms with Gasteiger partial charge in [0, 0.05) is 5.56 Å². The molecule has 3 aromatic carbocycles. The number of benzene rings is 3. The van der Waals surface area contributed by atoms with E-state index in [1.807, 2.05) is 18.2 Å². The Morgan fingerprint density at radius 1 is 1.00 bits per heavy atom. The molecule has 0 radical (unpaired) electrons. The Morgan fingerprint density at radius 2 is 1.84 bits per heavy atom. The average molecular weight is 343 g/mol. The first kappa shape index (κ1) is 14.6. The second-order valence-electron chi connectivity index (χ2n) is 6.41. The number of fused-ring (bicyclic) bond motifs is 1. The minimum Gasteiger partial charge on any atom is -0.252 e. The molecule has 1 heterocycles. The third-order valence-electron chi connectivity index (χ3n) is 4.88. The normalized spacial score (nSPS) is 13.7. The van der Waals surface area contributed by atoms with Crippen LogP contribution in [0, 0.1) is 0 Å². The predicted molar refractivity (Wildman–Crippen MR) is 107 cm³/mol. The summed E-state index contributed by atoms with van der Waals surface area (Å²) < 4.78 is 1.17. The molecule has 0 spiro atoms. The van der Waals surface area contributed by atoms with Gasteiger partial charge >= 0.3 is 0 Å². The third-order valence-corrected chi connectivity index (χ3v) is 5.82. The van der Waals surface area contributed by atoms with Crippen LogP contribution in [0.15, 0.2) is 59.7 Å². The number of hydrogen-bond acceptors (Lipinski definition) is 4. The third kappa shape index (κ3) is 2.41. The van der Waals surface area contributed by atoms with Gasteiger partial charge in [0.2, 0.25) is 5.13 Å². The maximum absolute atomic E-state index is 4.60. The van der Waals surface area contributed by atoms with Crippen molar-refractivity contribution in [2.45, 2.75) is 19.8 Å². The smallest absolute Gasteiger partial charge is 0.204 e. The summed E-state index contributed by atoms with van der Waals surface area (Å²) in [6.45, 7) is 2.05. The summed E-state index contributed by atoms with van der Waals surface area (Å²) in [5, 5.41) is 8.16. The van der Waals surface area contributed by atoms with Gasteiger partial charge in [0.25, 0.3) is 0 Å². The second kappa shape index (κ2) is 5.67. The zero-order valence-corrected chi connectivity index (χ0v) is 14.7. The van der Waals surface area contributed by atoms with E-state index in [0.29, 0.717) is 0 Å². The molecule has 0 bridgehead atoms. The molecule has 122 valence electrons. The van der Waals surface area contributed by atoms with Crippen LogP contribution in [0.4, 0.5) is 5.13 Å². The Hall–Kier alpha value is -2.72. The molecule has 0 aliphatic heterocycles. The summed E-state index contributed by atoms with van der Waals surface area (Å²) in [5.74, 6) is 0. The first-order valence-electron chi connectivity index (χ1n) is 8.49. The number of hydrogen-bond donors (Lipinski definition) is 1. The van der Waals surface area contributed by atoms with Crippen LogP contribution in [0.5, 0.6) is 0 Å². The Labute approximate surface area is 150 Å². The first-order chi connectivity index (χ1) is 12.3. The molecule has 4 aromatic rings. The summed E-state index contributed by atoms with van der Waals surface area (Å²) in [6.07, 6.45) is 2.30. The van der Waals surface area contributed by atoms with Crippen molar-refractivity contribution in [2.75, 3.05) is 5.43 Å². The van der Waals surface area contributed by atoms with E-state index in [9.17, 15) is 0 Å². The number of anilines is 1. The van der Waals surface area contributed by atoms with E-state index < -0.39 is 0 Å². The number of nitrogens with one attached hydrogen (secondary N) is 1. The highest BCUT2D eigenvalue weighted by Gasteiger charge is 2.16. The van der Waals surface area contributed by atoms with Crippen molar-refractivity contribution in [3.8, 4) is 0 Å². The van der Waals surface area contributed by atoms with Crippen molar-refractivity contribution in [3.63, 3.8) is 0 Å². The van der Waals surface area contributed by atoms with Gasteiger partial charge < -0.3 is 0 Å². The van der Waals surface area contributed by atoms with Crippen LogP contribution in [0.3, 0.4) is 0 Å². The summed E-state index contributed by atoms with van der Waals surface area (Å²) in [4.78, 5) is 4.58. The lowest BCUT2D eigenvalue weighted by molar-refractivity contribution is 1.02. The van der Waals surface area contributed by atoms with Crippen LogP contribution in [0.1, 0.15) is 23.6 Å². The van der Waals surface area contributed by atoms with Crippen molar-refractivity contribution in [3.05, 3.63) is 71.3 Å². The Morgan fingerprint density at radius 3 is 2.72 bits per heavy atom. The van der Waals surface area contributed by atoms with E-state index in [1.165, 1.54) is 32.2 Å². The molecule has 1 aliphatic carbocycles. The van der Waals surface area contributed by atoms with E-state index in [2.05, 4.69) is 58.8 Å². The molecule has 0 fully saturated rings. The van der Waals surface area contributed by atoms with Gasteiger partial charge in [-0.15, -0.1) is 0 Å². The maximum atomic E-state index is 4.60. The van der Waals surface area contributed by atoms with E-state index >= 15 is 0 Å². The van der Waals surface area contributed by atoms with E-state index in [0.717, 1.165) is 29.2 Å². The Kier molecular flexibility index (Phi) is 3.31. The average Bonchev–Trinajstić information content (AvgIpc) is 3.25. The number of nitrogens with zero attached hydrogens (tertiary/aromatic N) is 2. The van der Waals surface area contributed by atoms with Crippen molar-refractivity contribution in [2.24, 2.45) is 5.10 Å². The maximum Gasteiger partial charge on any atom is 0.204 e. The molecule has 0 amide bonds. The molecule has 5 rings (SSSR count). The number of para-hydroxylation sites is 1. The van der Waals surface area contributed by atoms with Crippen LogP contribution in [0.25, 0.3) is 21.0 Å². The molecule has 0 saturated carbocycles. The summed E-state index contributed by atoms with van der Waals surface area (Å²) in [7, 11) is 0. The number of aryl methyl sites for hydroxylation is 2. The van der Waals surface area contributed by atoms with Gasteiger partial charge in [0.1, 0.15) is 0 Å². The fourth-order valence-corrected chi connectivity index (χ4v) is 4.48. The largest absolute Gasteiger partial charge is 0.252 e. The van der Waals surface area contributed by atoms with Crippen LogP contribution >= 0.6 is 11.3 Å². The van der Waals surface area contributed by atoms with Gasteiger partial charge in [-0.2, -0.15) is 5.10 Å². The standard InChI is InChI=1S/C21H17N3S/c1-13(23-24-21-22-18-7-2-3-8-19(18)25-21)16-12-11-15-10-9-14-5-4-6-17(16)20(14)15/h2-8,11-12H,9-10H2,1H3,(H,22,24). The molecule has 25 heavy (non-hydrogen) atoms. The first-order valence-corrected chi connectivity index (χ1v) is 9.31. The van der Waals surface area contributed by atoms with Crippen molar-refractivity contribution >= 4 is 43.2 Å². The number of hydrazone groups is 1. The van der Waals surface area contributed by atoms with Gasteiger partial charge in [0.15, 0.2) is 0 Å². The zero-order chi connectivity index (χ0) is 16.8. The molecule has 4 heteroatoms. The number of thiazole rings is 1. The topological polar surface area (TPSA) is 37.3 Å². The highest BCUT2D eigenvalue weighted by Crippen LogP contribution is 2.33. The molecular weight excluding hydrogens is 326 g/mol. The molecule has 0 saturated heterocycles. The predicted octanol–water partition coefficient (Wildman–Crippen LogP) is 5.38. The molecule has 0 atom stereocenters. The van der Waals surface area contributed by atoms with Gasteiger partial charge in [-0.25, -0.2) is 4.98 Å². The molecule has 1 N–H and O–H groups in total. The van der Waals surface area contributed by atoms with Crippen LogP contribution in [-0.2, 0) is 12.8 Å². The second-order valence-corrected chi connectivity index (χ2v) is 7.44. The molecular formula is C21H17N3S. The van der Waals surface area contributed by atoms with Crippen LogP contribution < -0.4 is 5.43 Å². The highest BCUT2D eigenvalue weighted by atomic mass is 32.1. The zero-order valence-electron chi connectivity index (χ0n) is 13.9. The van der Waals surface area contributed by atoms with Gasteiger partial charge in [-0.1, -0.05) is 53.8 Å². The lowest BCUT2D eigenvalue weighted by Crippen LogP contribution is -2.01. The summed E-state index contributed by atoms with van der Waals surface area (Å²) in [6, 6.07) is 19.2. The van der Waals surface area contributed by atoms with Crippen LogP contribution in [0.2, 0.25) is 0 Å².